The molecule has 0 unspecified atom stereocenters. The Bertz CT molecular complexity index is 351. The maximum atomic E-state index is 11.9. The fourth-order valence-corrected chi connectivity index (χ4v) is 1.48. The normalized spacial score (nSPS) is 12.5. The van der Waals surface area contributed by atoms with E-state index in [1.54, 1.807) is 18.1 Å². The van der Waals surface area contributed by atoms with Crippen LogP contribution in [0.1, 0.15) is 19.5 Å². The van der Waals surface area contributed by atoms with E-state index in [2.05, 4.69) is 4.98 Å². The molecule has 4 nitrogen and oxygen atoms in total. The molecule has 0 fully saturated rings. The summed E-state index contributed by atoms with van der Waals surface area (Å²) in [5.74, 6) is 0.163. The van der Waals surface area contributed by atoms with E-state index in [9.17, 15) is 4.79 Å². The number of hydrogen-bond acceptors (Lipinski definition) is 3. The van der Waals surface area contributed by atoms with E-state index in [4.69, 9.17) is 5.73 Å². The van der Waals surface area contributed by atoms with Gasteiger partial charge < -0.3 is 10.6 Å². The molecule has 2 N–H and O–H groups in total. The molecule has 17 heavy (non-hydrogen) atoms. The van der Waals surface area contributed by atoms with Crippen LogP contribution in [-0.2, 0) is 11.2 Å². The van der Waals surface area contributed by atoms with Gasteiger partial charge in [-0.25, -0.2) is 0 Å². The number of carbonyl (C=O) groups is 1. The summed E-state index contributed by atoms with van der Waals surface area (Å²) in [7, 11) is 1.79. The zero-order chi connectivity index (χ0) is 12.8. The molecule has 1 amide bonds. The molecule has 0 saturated heterocycles. The van der Waals surface area contributed by atoms with Crippen LogP contribution in [0.5, 0.6) is 0 Å². The molecule has 4 heteroatoms. The topological polar surface area (TPSA) is 59.2 Å². The van der Waals surface area contributed by atoms with E-state index in [-0.39, 0.29) is 11.8 Å². The van der Waals surface area contributed by atoms with Crippen molar-refractivity contribution in [2.75, 3.05) is 13.6 Å². The number of carbonyl (C=O) groups excluding carboxylic acids is 1. The average Bonchev–Trinajstić information content (AvgIpc) is 2.35. The average molecular weight is 235 g/mol. The molecule has 0 aliphatic heterocycles. The number of pyridine rings is 1. The van der Waals surface area contributed by atoms with Crippen LogP contribution in [0.2, 0.25) is 0 Å². The molecular weight excluding hydrogens is 214 g/mol. The molecule has 0 aliphatic rings. The second kappa shape index (κ2) is 6.35. The van der Waals surface area contributed by atoms with Crippen molar-refractivity contribution in [1.82, 2.24) is 9.88 Å². The van der Waals surface area contributed by atoms with E-state index in [1.807, 2.05) is 32.0 Å². The second-order valence-electron chi connectivity index (χ2n) is 4.60. The van der Waals surface area contributed by atoms with Crippen molar-refractivity contribution in [3.63, 3.8) is 0 Å². The zero-order valence-corrected chi connectivity index (χ0v) is 10.8. The van der Waals surface area contributed by atoms with Gasteiger partial charge in [0.15, 0.2) is 0 Å². The standard InChI is InChI=1S/C13H21N3O/c1-10(2)12(14)13(17)16(3)9-7-11-6-4-5-8-15-11/h4-6,8,10,12H,7,9,14H2,1-3H3/t12-/m1/s1. The summed E-state index contributed by atoms with van der Waals surface area (Å²) in [6.07, 6.45) is 2.52. The third-order valence-corrected chi connectivity index (χ3v) is 2.81. The smallest absolute Gasteiger partial charge is 0.239 e. The summed E-state index contributed by atoms with van der Waals surface area (Å²) in [4.78, 5) is 17.8. The summed E-state index contributed by atoms with van der Waals surface area (Å²) in [6.45, 7) is 4.56. The first-order chi connectivity index (χ1) is 8.02. The van der Waals surface area contributed by atoms with Crippen LogP contribution in [0, 0.1) is 5.92 Å². The number of amides is 1. The first kappa shape index (κ1) is 13.6. The monoisotopic (exact) mass is 235 g/mol. The second-order valence-corrected chi connectivity index (χ2v) is 4.60. The lowest BCUT2D eigenvalue weighted by Crippen LogP contribution is -2.45. The molecule has 94 valence electrons. The van der Waals surface area contributed by atoms with Gasteiger partial charge in [0.1, 0.15) is 0 Å². The lowest BCUT2D eigenvalue weighted by atomic mass is 10.0. The fraction of sp³-hybridized carbons (Fsp3) is 0.538. The third kappa shape index (κ3) is 4.15. The first-order valence-electron chi connectivity index (χ1n) is 5.93. The van der Waals surface area contributed by atoms with Gasteiger partial charge in [0.05, 0.1) is 6.04 Å². The number of likely N-dealkylation sites (N-methyl/N-ethyl adjacent to an activating group) is 1. The van der Waals surface area contributed by atoms with Gasteiger partial charge in [0.25, 0.3) is 0 Å². The van der Waals surface area contributed by atoms with Gasteiger partial charge in [-0.1, -0.05) is 19.9 Å². The lowest BCUT2D eigenvalue weighted by Gasteiger charge is -2.23. The van der Waals surface area contributed by atoms with Crippen LogP contribution >= 0.6 is 0 Å². The van der Waals surface area contributed by atoms with E-state index in [0.29, 0.717) is 6.54 Å². The number of nitrogens with two attached hydrogens (primary N) is 1. The number of hydrogen-bond donors (Lipinski definition) is 1. The van der Waals surface area contributed by atoms with Gasteiger partial charge in [-0.2, -0.15) is 0 Å². The molecule has 0 saturated carbocycles. The first-order valence-corrected chi connectivity index (χ1v) is 5.93. The molecule has 1 aromatic heterocycles. The highest BCUT2D eigenvalue weighted by Gasteiger charge is 2.20. The van der Waals surface area contributed by atoms with Crippen LogP contribution in [0.15, 0.2) is 24.4 Å². The lowest BCUT2D eigenvalue weighted by molar-refractivity contribution is -0.132. The summed E-state index contributed by atoms with van der Waals surface area (Å²) < 4.78 is 0. The van der Waals surface area contributed by atoms with Crippen molar-refractivity contribution in [3.8, 4) is 0 Å². The van der Waals surface area contributed by atoms with Crippen molar-refractivity contribution in [2.45, 2.75) is 26.3 Å². The molecule has 1 aromatic rings. The van der Waals surface area contributed by atoms with Crippen LogP contribution in [0.25, 0.3) is 0 Å². The molecule has 1 rings (SSSR count). The third-order valence-electron chi connectivity index (χ3n) is 2.81. The molecule has 0 radical (unpaired) electrons. The number of nitrogens with zero attached hydrogens (tertiary/aromatic N) is 2. The van der Waals surface area contributed by atoms with Crippen molar-refractivity contribution < 1.29 is 4.79 Å². The zero-order valence-electron chi connectivity index (χ0n) is 10.8. The van der Waals surface area contributed by atoms with E-state index in [1.165, 1.54) is 0 Å². The summed E-state index contributed by atoms with van der Waals surface area (Å²) >= 11 is 0. The highest BCUT2D eigenvalue weighted by molar-refractivity contribution is 5.81. The fourth-order valence-electron chi connectivity index (χ4n) is 1.48. The van der Waals surface area contributed by atoms with Crippen molar-refractivity contribution in [1.29, 1.82) is 0 Å². The Morgan fingerprint density at radius 1 is 1.47 bits per heavy atom. The Morgan fingerprint density at radius 2 is 2.18 bits per heavy atom. The van der Waals surface area contributed by atoms with E-state index in [0.717, 1.165) is 12.1 Å². The Kier molecular flexibility index (Phi) is 5.10. The van der Waals surface area contributed by atoms with E-state index >= 15 is 0 Å². The molecule has 1 heterocycles. The predicted octanol–water partition coefficient (Wildman–Crippen LogP) is 1.07. The minimum absolute atomic E-state index is 0.00377. The predicted molar refractivity (Wildman–Crippen MR) is 68.4 cm³/mol. The molecule has 1 atom stereocenters. The van der Waals surface area contributed by atoms with Crippen molar-refractivity contribution in [3.05, 3.63) is 30.1 Å². The summed E-state index contributed by atoms with van der Waals surface area (Å²) in [6, 6.07) is 5.38. The Balaban J connectivity index is 2.45. The van der Waals surface area contributed by atoms with Crippen LogP contribution in [0.4, 0.5) is 0 Å². The molecule has 0 aliphatic carbocycles. The van der Waals surface area contributed by atoms with Crippen molar-refractivity contribution in [2.24, 2.45) is 11.7 Å². The van der Waals surface area contributed by atoms with Gasteiger partial charge in [-0.05, 0) is 18.1 Å². The Morgan fingerprint density at radius 3 is 2.71 bits per heavy atom. The SMILES string of the molecule is CC(C)[C@@H](N)C(=O)N(C)CCc1ccccn1. The van der Waals surface area contributed by atoms with Gasteiger partial charge in [-0.15, -0.1) is 0 Å². The minimum atomic E-state index is -0.413. The summed E-state index contributed by atoms with van der Waals surface area (Å²) in [5.41, 5.74) is 6.81. The Labute approximate surface area is 103 Å². The van der Waals surface area contributed by atoms with Gasteiger partial charge >= 0.3 is 0 Å². The minimum Gasteiger partial charge on any atom is -0.344 e. The molecule has 0 aromatic carbocycles. The number of rotatable bonds is 5. The van der Waals surface area contributed by atoms with Crippen LogP contribution < -0.4 is 5.73 Å². The van der Waals surface area contributed by atoms with Crippen LogP contribution in [0.3, 0.4) is 0 Å². The van der Waals surface area contributed by atoms with Crippen molar-refractivity contribution >= 4 is 5.91 Å². The largest absolute Gasteiger partial charge is 0.344 e. The highest BCUT2D eigenvalue weighted by atomic mass is 16.2. The van der Waals surface area contributed by atoms with Gasteiger partial charge in [0.2, 0.25) is 5.91 Å². The summed E-state index contributed by atoms with van der Waals surface area (Å²) in [5, 5.41) is 0. The molecular formula is C13H21N3O. The Hall–Kier alpha value is -1.42. The quantitative estimate of drug-likeness (QED) is 0.830. The maximum Gasteiger partial charge on any atom is 0.239 e. The molecule has 0 spiro atoms. The molecule has 0 bridgehead atoms. The van der Waals surface area contributed by atoms with Crippen LogP contribution in [-0.4, -0.2) is 35.4 Å². The van der Waals surface area contributed by atoms with Gasteiger partial charge in [0, 0.05) is 31.9 Å². The van der Waals surface area contributed by atoms with E-state index < -0.39 is 6.04 Å². The maximum absolute atomic E-state index is 11.9. The highest BCUT2D eigenvalue weighted by Crippen LogP contribution is 2.03. The van der Waals surface area contributed by atoms with Gasteiger partial charge in [-0.3, -0.25) is 9.78 Å². The number of aromatic nitrogens is 1.